The van der Waals surface area contributed by atoms with Gasteiger partial charge in [0.25, 0.3) is 5.91 Å². The Morgan fingerprint density at radius 3 is 2.24 bits per heavy atom. The number of carbonyl (C=O) groups excluding carboxylic acids is 2. The third-order valence-electron chi connectivity index (χ3n) is 3.52. The molecule has 29 heavy (non-hydrogen) atoms. The van der Waals surface area contributed by atoms with E-state index in [-0.39, 0.29) is 32.1 Å². The molecule has 0 saturated heterocycles. The van der Waals surface area contributed by atoms with Crippen molar-refractivity contribution >= 4 is 64.0 Å². The number of hydrogen-bond acceptors (Lipinski definition) is 5. The van der Waals surface area contributed by atoms with Crippen LogP contribution in [0, 0.1) is 0 Å². The van der Waals surface area contributed by atoms with Crippen LogP contribution in [-0.2, 0) is 9.53 Å². The van der Waals surface area contributed by atoms with Crippen LogP contribution in [0.3, 0.4) is 0 Å². The Morgan fingerprint density at radius 1 is 1.00 bits per heavy atom. The van der Waals surface area contributed by atoms with E-state index in [4.69, 9.17) is 60.6 Å². The van der Waals surface area contributed by atoms with Crippen molar-refractivity contribution in [1.82, 2.24) is 0 Å². The first-order valence-electron chi connectivity index (χ1n) is 8.38. The highest BCUT2D eigenvalue weighted by atomic mass is 35.5. The molecule has 0 spiro atoms. The monoisotopic (exact) mass is 479 g/mol. The predicted octanol–water partition coefficient (Wildman–Crippen LogP) is 5.89. The molecule has 0 aliphatic carbocycles. The fraction of sp³-hybridized carbons (Fsp3) is 0.263. The molecule has 1 N–H and O–H groups in total. The molecule has 10 heteroatoms. The van der Waals surface area contributed by atoms with Gasteiger partial charge in [-0.05, 0) is 30.7 Å². The molecule has 6 nitrogen and oxygen atoms in total. The van der Waals surface area contributed by atoms with Crippen LogP contribution in [0.4, 0.5) is 5.69 Å². The topological polar surface area (TPSA) is 73.9 Å². The summed E-state index contributed by atoms with van der Waals surface area (Å²) >= 11 is 24.0. The largest absolute Gasteiger partial charge is 0.493 e. The fourth-order valence-corrected chi connectivity index (χ4v) is 3.41. The summed E-state index contributed by atoms with van der Waals surface area (Å²) in [6.07, 6.45) is 0.778. The summed E-state index contributed by atoms with van der Waals surface area (Å²) in [7, 11) is 1.42. The molecule has 0 atom stereocenters. The van der Waals surface area contributed by atoms with E-state index in [1.54, 1.807) is 0 Å². The van der Waals surface area contributed by atoms with Crippen LogP contribution in [0.5, 0.6) is 11.5 Å². The van der Waals surface area contributed by atoms with Gasteiger partial charge in [-0.25, -0.2) is 4.79 Å². The second-order valence-corrected chi connectivity index (χ2v) is 7.36. The summed E-state index contributed by atoms with van der Waals surface area (Å²) in [4.78, 5) is 24.4. The van der Waals surface area contributed by atoms with Crippen LogP contribution in [-0.4, -0.2) is 32.2 Å². The summed E-state index contributed by atoms with van der Waals surface area (Å²) < 4.78 is 15.8. The highest BCUT2D eigenvalue weighted by Crippen LogP contribution is 2.37. The van der Waals surface area contributed by atoms with E-state index < -0.39 is 18.5 Å². The number of nitrogens with one attached hydrogen (secondary N) is 1. The number of carbonyl (C=O) groups is 2. The Labute approximate surface area is 187 Å². The lowest BCUT2D eigenvalue weighted by Crippen LogP contribution is -2.21. The number of esters is 1. The molecule has 2 rings (SSSR count). The molecule has 0 unspecified atom stereocenters. The van der Waals surface area contributed by atoms with Gasteiger partial charge in [0.15, 0.2) is 18.1 Å². The predicted molar refractivity (Wildman–Crippen MR) is 114 cm³/mol. The highest BCUT2D eigenvalue weighted by Gasteiger charge is 2.18. The van der Waals surface area contributed by atoms with Crippen LogP contribution in [0.25, 0.3) is 0 Å². The Hall–Kier alpha value is -1.86. The van der Waals surface area contributed by atoms with Crippen molar-refractivity contribution < 1.29 is 23.8 Å². The van der Waals surface area contributed by atoms with Gasteiger partial charge in [-0.3, -0.25) is 4.79 Å². The molecule has 156 valence electrons. The molecule has 2 aromatic carbocycles. The molecule has 1 amide bonds. The average Bonchev–Trinajstić information content (AvgIpc) is 2.67. The summed E-state index contributed by atoms with van der Waals surface area (Å²) in [5, 5.41) is 3.29. The van der Waals surface area contributed by atoms with Gasteiger partial charge < -0.3 is 19.5 Å². The van der Waals surface area contributed by atoms with Crippen molar-refractivity contribution in [3.8, 4) is 11.5 Å². The molecular weight excluding hydrogens is 464 g/mol. The van der Waals surface area contributed by atoms with E-state index in [1.807, 2.05) is 6.92 Å². The molecule has 2 aromatic rings. The molecule has 0 fully saturated rings. The number of benzene rings is 2. The number of halogens is 4. The Bertz CT molecular complexity index is 897. The van der Waals surface area contributed by atoms with E-state index in [9.17, 15) is 9.59 Å². The summed E-state index contributed by atoms with van der Waals surface area (Å²) in [6, 6.07) is 5.65. The minimum atomic E-state index is -0.768. The highest BCUT2D eigenvalue weighted by molar-refractivity contribution is 6.42. The maximum atomic E-state index is 12.3. The van der Waals surface area contributed by atoms with Crippen molar-refractivity contribution in [1.29, 1.82) is 0 Å². The summed E-state index contributed by atoms with van der Waals surface area (Å²) in [5.41, 5.74) is 0.270. The van der Waals surface area contributed by atoms with Gasteiger partial charge in [0.05, 0.1) is 40.0 Å². The van der Waals surface area contributed by atoms with Gasteiger partial charge in [0, 0.05) is 5.02 Å². The number of methoxy groups -OCH3 is 1. The van der Waals surface area contributed by atoms with Gasteiger partial charge in [0.2, 0.25) is 0 Å². The van der Waals surface area contributed by atoms with E-state index in [0.717, 1.165) is 6.42 Å². The molecule has 0 bridgehead atoms. The molecule has 0 radical (unpaired) electrons. The zero-order valence-corrected chi connectivity index (χ0v) is 18.5. The molecule has 0 saturated carbocycles. The van der Waals surface area contributed by atoms with Crippen LogP contribution in [0.2, 0.25) is 20.1 Å². The van der Waals surface area contributed by atoms with Crippen molar-refractivity contribution in [3.05, 3.63) is 49.9 Å². The van der Waals surface area contributed by atoms with Gasteiger partial charge >= 0.3 is 5.97 Å². The lowest BCUT2D eigenvalue weighted by molar-refractivity contribution is -0.119. The van der Waals surface area contributed by atoms with Gasteiger partial charge in [-0.2, -0.15) is 0 Å². The summed E-state index contributed by atoms with van der Waals surface area (Å²) in [5.74, 6) is -0.791. The standard InChI is InChI=1S/C19H17Cl4NO5/c1-3-4-28-18-14(23)5-10(6-15(18)27-2)19(26)29-9-16(25)24-17-12(21)7-11(20)8-13(17)22/h5-8H,3-4,9H2,1-2H3,(H,24,25). The first kappa shape index (κ1) is 23.4. The number of ether oxygens (including phenoxy) is 3. The minimum absolute atomic E-state index is 0.103. The minimum Gasteiger partial charge on any atom is -0.493 e. The second-order valence-electron chi connectivity index (χ2n) is 5.71. The smallest absolute Gasteiger partial charge is 0.338 e. The number of hydrogen-bond donors (Lipinski definition) is 1. The first-order chi connectivity index (χ1) is 13.8. The zero-order chi connectivity index (χ0) is 21.6. The number of amides is 1. The molecule has 0 aliphatic heterocycles. The third kappa shape index (κ3) is 6.31. The maximum absolute atomic E-state index is 12.3. The number of anilines is 1. The maximum Gasteiger partial charge on any atom is 0.338 e. The Morgan fingerprint density at radius 2 is 1.66 bits per heavy atom. The first-order valence-corrected chi connectivity index (χ1v) is 9.89. The summed E-state index contributed by atoms with van der Waals surface area (Å²) in [6.45, 7) is 1.82. The lowest BCUT2D eigenvalue weighted by Gasteiger charge is -2.14. The fourth-order valence-electron chi connectivity index (χ4n) is 2.23. The van der Waals surface area contributed by atoms with E-state index in [0.29, 0.717) is 17.4 Å². The van der Waals surface area contributed by atoms with Crippen LogP contribution < -0.4 is 14.8 Å². The SMILES string of the molecule is CCCOc1c(Cl)cc(C(=O)OCC(=O)Nc2c(Cl)cc(Cl)cc2Cl)cc1OC. The van der Waals surface area contributed by atoms with E-state index >= 15 is 0 Å². The van der Waals surface area contributed by atoms with Crippen molar-refractivity contribution in [3.63, 3.8) is 0 Å². The van der Waals surface area contributed by atoms with Crippen LogP contribution in [0.1, 0.15) is 23.7 Å². The van der Waals surface area contributed by atoms with E-state index in [2.05, 4.69) is 5.32 Å². The number of rotatable bonds is 8. The normalized spacial score (nSPS) is 10.4. The average molecular weight is 481 g/mol. The van der Waals surface area contributed by atoms with Crippen molar-refractivity contribution in [2.75, 3.05) is 25.6 Å². The van der Waals surface area contributed by atoms with Crippen LogP contribution >= 0.6 is 46.4 Å². The Balaban J connectivity index is 2.05. The van der Waals surface area contributed by atoms with Crippen LogP contribution in [0.15, 0.2) is 24.3 Å². The molecule has 0 aliphatic rings. The zero-order valence-electron chi connectivity index (χ0n) is 15.5. The Kier molecular flexibility index (Phi) is 8.71. The van der Waals surface area contributed by atoms with Gasteiger partial charge in [-0.15, -0.1) is 0 Å². The van der Waals surface area contributed by atoms with Gasteiger partial charge in [0.1, 0.15) is 0 Å². The van der Waals surface area contributed by atoms with Crippen molar-refractivity contribution in [2.24, 2.45) is 0 Å². The molecular formula is C19H17Cl4NO5. The van der Waals surface area contributed by atoms with Crippen molar-refractivity contribution in [2.45, 2.75) is 13.3 Å². The third-order valence-corrected chi connectivity index (χ3v) is 4.62. The molecule has 0 heterocycles. The quantitative estimate of drug-likeness (QED) is 0.476. The van der Waals surface area contributed by atoms with Gasteiger partial charge in [-0.1, -0.05) is 53.3 Å². The molecule has 0 aromatic heterocycles. The second kappa shape index (κ2) is 10.8. The lowest BCUT2D eigenvalue weighted by atomic mass is 10.2. The van der Waals surface area contributed by atoms with E-state index in [1.165, 1.54) is 31.4 Å².